The zero-order valence-electron chi connectivity index (χ0n) is 16.5. The van der Waals surface area contributed by atoms with Crippen molar-refractivity contribution in [2.75, 3.05) is 0 Å². The Morgan fingerprint density at radius 2 is 1.37 bits per heavy atom. The van der Waals surface area contributed by atoms with Gasteiger partial charge in [0.05, 0.1) is 23.6 Å². The van der Waals surface area contributed by atoms with E-state index in [1.54, 1.807) is 24.3 Å². The minimum atomic E-state index is -0.535. The zero-order valence-corrected chi connectivity index (χ0v) is 16.5. The highest BCUT2D eigenvalue weighted by Crippen LogP contribution is 2.40. The van der Waals surface area contributed by atoms with E-state index in [0.29, 0.717) is 16.7 Å². The highest BCUT2D eigenvalue weighted by Gasteiger charge is 2.29. The molecule has 0 spiro atoms. The number of allylic oxidation sites excluding steroid dienone is 2. The van der Waals surface area contributed by atoms with Crippen molar-refractivity contribution >= 4 is 5.57 Å². The maximum atomic E-state index is 13.4. The summed E-state index contributed by atoms with van der Waals surface area (Å²) in [5, 5.41) is 19.7. The lowest BCUT2D eigenvalue weighted by molar-refractivity contribution is 0.507. The molecule has 0 saturated heterocycles. The maximum Gasteiger partial charge on any atom is 0.123 e. The second kappa shape index (κ2) is 9.63. The van der Waals surface area contributed by atoms with Gasteiger partial charge in [0.1, 0.15) is 11.6 Å². The molecule has 0 fully saturated rings. The van der Waals surface area contributed by atoms with Gasteiger partial charge in [0.25, 0.3) is 0 Å². The van der Waals surface area contributed by atoms with Crippen LogP contribution in [0.4, 0.5) is 8.78 Å². The largest absolute Gasteiger partial charge is 0.207 e. The predicted octanol–water partition coefficient (Wildman–Crippen LogP) is 6.60. The van der Waals surface area contributed by atoms with Crippen LogP contribution in [-0.2, 0) is 0 Å². The van der Waals surface area contributed by atoms with Crippen LogP contribution in [-0.4, -0.2) is 0 Å². The minimum Gasteiger partial charge on any atom is -0.207 e. The molecule has 3 unspecified atom stereocenters. The first kappa shape index (κ1) is 21.0. The first-order valence-corrected chi connectivity index (χ1v) is 9.61. The molecule has 0 aliphatic carbocycles. The quantitative estimate of drug-likeness (QED) is 0.439. The molecule has 0 N–H and O–H groups in total. The predicted molar refractivity (Wildman–Crippen MR) is 113 cm³/mol. The molecular formula is C26H20F2N2. The molecule has 0 saturated carbocycles. The minimum absolute atomic E-state index is 0.193. The van der Waals surface area contributed by atoms with Gasteiger partial charge < -0.3 is 0 Å². The molecule has 0 aliphatic heterocycles. The first-order chi connectivity index (χ1) is 14.5. The van der Waals surface area contributed by atoms with E-state index in [1.807, 2.05) is 43.3 Å². The summed E-state index contributed by atoms with van der Waals surface area (Å²) in [6, 6.07) is 25.9. The maximum absolute atomic E-state index is 13.4. The fourth-order valence-electron chi connectivity index (χ4n) is 3.70. The van der Waals surface area contributed by atoms with Gasteiger partial charge in [0.15, 0.2) is 0 Å². The van der Waals surface area contributed by atoms with Gasteiger partial charge in [0.2, 0.25) is 0 Å². The average molecular weight is 398 g/mol. The van der Waals surface area contributed by atoms with E-state index < -0.39 is 5.92 Å². The highest BCUT2D eigenvalue weighted by molar-refractivity contribution is 5.76. The Labute approximate surface area is 175 Å². The van der Waals surface area contributed by atoms with Crippen LogP contribution in [0.15, 0.2) is 84.9 Å². The smallest absolute Gasteiger partial charge is 0.123 e. The number of benzene rings is 3. The van der Waals surface area contributed by atoms with Gasteiger partial charge in [-0.2, -0.15) is 10.5 Å². The van der Waals surface area contributed by atoms with Crippen LogP contribution in [0.25, 0.3) is 5.57 Å². The molecule has 0 aliphatic rings. The summed E-state index contributed by atoms with van der Waals surface area (Å²) in [5.74, 6) is -1.71. The summed E-state index contributed by atoms with van der Waals surface area (Å²) in [6.07, 6.45) is 1.82. The molecule has 0 aromatic heterocycles. The molecule has 2 nitrogen and oxygen atoms in total. The second-order valence-electron chi connectivity index (χ2n) is 7.15. The normalized spacial score (nSPS) is 14.2. The number of hydrogen-bond acceptors (Lipinski definition) is 2. The van der Waals surface area contributed by atoms with E-state index in [2.05, 4.69) is 12.1 Å². The van der Waals surface area contributed by atoms with Crippen LogP contribution in [0.2, 0.25) is 0 Å². The number of halogens is 2. The first-order valence-electron chi connectivity index (χ1n) is 9.61. The average Bonchev–Trinajstić information content (AvgIpc) is 2.77. The molecule has 148 valence electrons. The van der Waals surface area contributed by atoms with Crippen LogP contribution in [0, 0.1) is 40.2 Å². The molecule has 4 heteroatoms. The third-order valence-corrected chi connectivity index (χ3v) is 5.18. The van der Waals surface area contributed by atoms with Crippen molar-refractivity contribution in [3.63, 3.8) is 0 Å². The van der Waals surface area contributed by atoms with Crippen LogP contribution in [0.1, 0.15) is 35.4 Å². The van der Waals surface area contributed by atoms with E-state index in [-0.39, 0.29) is 23.5 Å². The molecule has 0 radical (unpaired) electrons. The number of nitrogens with zero attached hydrogens (tertiary/aromatic N) is 2. The Hall–Kier alpha value is -3.76. The molecule has 3 atom stereocenters. The third-order valence-electron chi connectivity index (χ3n) is 5.18. The van der Waals surface area contributed by atoms with E-state index >= 15 is 0 Å². The molecule has 30 heavy (non-hydrogen) atoms. The molecular weight excluding hydrogens is 378 g/mol. The van der Waals surface area contributed by atoms with Crippen molar-refractivity contribution in [3.05, 3.63) is 113 Å². The Morgan fingerprint density at radius 1 is 0.800 bits per heavy atom. The summed E-state index contributed by atoms with van der Waals surface area (Å²) in [6.45, 7) is 1.95. The van der Waals surface area contributed by atoms with Crippen molar-refractivity contribution in [1.29, 1.82) is 10.5 Å². The number of rotatable bonds is 6. The molecule has 3 rings (SSSR count). The lowest BCUT2D eigenvalue weighted by Crippen LogP contribution is -2.17. The van der Waals surface area contributed by atoms with Gasteiger partial charge in [-0.15, -0.1) is 0 Å². The summed E-state index contributed by atoms with van der Waals surface area (Å²) in [7, 11) is 0. The fourth-order valence-corrected chi connectivity index (χ4v) is 3.70. The summed E-state index contributed by atoms with van der Waals surface area (Å²) in [5.41, 5.74) is 2.70. The van der Waals surface area contributed by atoms with Gasteiger partial charge in [0, 0.05) is 5.92 Å². The SMILES string of the molecule is CC(C=C(C#N)c1ccc(F)cc1)C(c1ccccc1)C(C#N)c1ccc(F)cc1. The van der Waals surface area contributed by atoms with Gasteiger partial charge >= 0.3 is 0 Å². The van der Waals surface area contributed by atoms with Gasteiger partial charge in [-0.3, -0.25) is 0 Å². The Balaban J connectivity index is 2.05. The molecule has 3 aromatic carbocycles. The molecule has 0 bridgehead atoms. The third kappa shape index (κ3) is 4.80. The monoisotopic (exact) mass is 398 g/mol. The summed E-state index contributed by atoms with van der Waals surface area (Å²) < 4.78 is 26.7. The highest BCUT2D eigenvalue weighted by atomic mass is 19.1. The number of hydrogen-bond donors (Lipinski definition) is 0. The van der Waals surface area contributed by atoms with Crippen molar-refractivity contribution in [3.8, 4) is 12.1 Å². The van der Waals surface area contributed by atoms with E-state index in [1.165, 1.54) is 24.3 Å². The summed E-state index contributed by atoms with van der Waals surface area (Å²) in [4.78, 5) is 0. The van der Waals surface area contributed by atoms with Crippen molar-refractivity contribution in [1.82, 2.24) is 0 Å². The van der Waals surface area contributed by atoms with Crippen LogP contribution >= 0.6 is 0 Å². The topological polar surface area (TPSA) is 47.6 Å². The molecule has 0 heterocycles. The van der Waals surface area contributed by atoms with Crippen molar-refractivity contribution < 1.29 is 8.78 Å². The van der Waals surface area contributed by atoms with Crippen molar-refractivity contribution in [2.45, 2.75) is 18.8 Å². The summed E-state index contributed by atoms with van der Waals surface area (Å²) >= 11 is 0. The standard InChI is InChI=1S/C26H20F2N2/c1-18(15-22(16-29)19-7-11-23(27)12-8-19)26(21-5-3-2-4-6-21)25(17-30)20-9-13-24(28)14-10-20/h2-15,18,25-26H,1H3. The van der Waals surface area contributed by atoms with Gasteiger partial charge in [-0.05, 0) is 46.9 Å². The van der Waals surface area contributed by atoms with Crippen molar-refractivity contribution in [2.24, 2.45) is 5.92 Å². The Kier molecular flexibility index (Phi) is 6.73. The van der Waals surface area contributed by atoms with Gasteiger partial charge in [-0.1, -0.05) is 67.6 Å². The van der Waals surface area contributed by atoms with E-state index in [4.69, 9.17) is 0 Å². The van der Waals surface area contributed by atoms with Crippen LogP contribution in [0.5, 0.6) is 0 Å². The fraction of sp³-hybridized carbons (Fsp3) is 0.154. The lowest BCUT2D eigenvalue weighted by atomic mass is 9.74. The van der Waals surface area contributed by atoms with Crippen LogP contribution < -0.4 is 0 Å². The van der Waals surface area contributed by atoms with Gasteiger partial charge in [-0.25, -0.2) is 8.78 Å². The van der Waals surface area contributed by atoms with Crippen LogP contribution in [0.3, 0.4) is 0 Å². The Bertz CT molecular complexity index is 1090. The zero-order chi connectivity index (χ0) is 21.5. The molecule has 3 aromatic rings. The van der Waals surface area contributed by atoms with E-state index in [0.717, 1.165) is 5.56 Å². The molecule has 0 amide bonds. The Morgan fingerprint density at radius 3 is 1.90 bits per heavy atom. The second-order valence-corrected chi connectivity index (χ2v) is 7.15. The number of nitriles is 2. The lowest BCUT2D eigenvalue weighted by Gasteiger charge is -2.27. The van der Waals surface area contributed by atoms with E-state index in [9.17, 15) is 19.3 Å².